The van der Waals surface area contributed by atoms with Crippen molar-refractivity contribution in [2.45, 2.75) is 44.3 Å². The number of carboxylic acids is 1. The van der Waals surface area contributed by atoms with Gasteiger partial charge in [0.05, 0.1) is 11.4 Å². The molecule has 0 spiro atoms. The molecule has 7 nitrogen and oxygen atoms in total. The molecule has 1 aliphatic rings. The quantitative estimate of drug-likeness (QED) is 0.815. The number of carboxylic acid groups (broad SMARTS) is 1. The van der Waals surface area contributed by atoms with Crippen LogP contribution in [0.1, 0.15) is 41.9 Å². The molecular formula is C13H16N4O3S. The number of thioether (sulfide) groups is 1. The molecule has 0 atom stereocenters. The average Bonchev–Trinajstić information content (AvgIpc) is 3.11. The summed E-state index contributed by atoms with van der Waals surface area (Å²) in [6, 6.07) is 0. The van der Waals surface area contributed by atoms with Crippen molar-refractivity contribution in [2.75, 3.05) is 5.75 Å². The monoisotopic (exact) mass is 308 g/mol. The van der Waals surface area contributed by atoms with Crippen molar-refractivity contribution in [3.05, 3.63) is 23.2 Å². The van der Waals surface area contributed by atoms with Crippen molar-refractivity contribution in [2.24, 2.45) is 0 Å². The summed E-state index contributed by atoms with van der Waals surface area (Å²) in [5.74, 6) is 1.82. The summed E-state index contributed by atoms with van der Waals surface area (Å²) in [4.78, 5) is 15.1. The van der Waals surface area contributed by atoms with Gasteiger partial charge in [0, 0.05) is 5.92 Å². The van der Waals surface area contributed by atoms with E-state index >= 15 is 0 Å². The topological polar surface area (TPSA) is 94.0 Å². The minimum atomic E-state index is -0.870. The van der Waals surface area contributed by atoms with Crippen molar-refractivity contribution in [3.63, 3.8) is 0 Å². The molecule has 1 aliphatic carbocycles. The Morgan fingerprint density at radius 3 is 2.76 bits per heavy atom. The highest BCUT2D eigenvalue weighted by Gasteiger charge is 2.31. The summed E-state index contributed by atoms with van der Waals surface area (Å²) in [6.07, 6.45) is 2.21. The SMILES string of the molecule is Cc1nc(Cn2c(SCC(=O)O)nnc2C2CC2)oc1C. The van der Waals surface area contributed by atoms with Crippen molar-refractivity contribution in [1.82, 2.24) is 19.7 Å². The molecule has 0 unspecified atom stereocenters. The van der Waals surface area contributed by atoms with Crippen molar-refractivity contribution < 1.29 is 14.3 Å². The Bertz CT molecular complexity index is 656. The number of aromatic nitrogens is 4. The number of aliphatic carboxylic acids is 1. The number of carbonyl (C=O) groups is 1. The van der Waals surface area contributed by atoms with Gasteiger partial charge in [-0.1, -0.05) is 11.8 Å². The van der Waals surface area contributed by atoms with E-state index in [4.69, 9.17) is 9.52 Å². The van der Waals surface area contributed by atoms with E-state index in [0.717, 1.165) is 30.1 Å². The van der Waals surface area contributed by atoms with Gasteiger partial charge in [-0.05, 0) is 26.7 Å². The maximum atomic E-state index is 10.7. The summed E-state index contributed by atoms with van der Waals surface area (Å²) in [5.41, 5.74) is 0.866. The van der Waals surface area contributed by atoms with E-state index in [1.54, 1.807) is 0 Å². The standard InChI is InChI=1S/C13H16N4O3S/c1-7-8(2)20-10(14-7)5-17-12(9-3-4-9)15-16-13(17)21-6-11(18)19/h9H,3-6H2,1-2H3,(H,18,19). The predicted octanol–water partition coefficient (Wildman–Crippen LogP) is 1.99. The van der Waals surface area contributed by atoms with Gasteiger partial charge in [-0.3, -0.25) is 9.36 Å². The largest absolute Gasteiger partial charge is 0.481 e. The number of rotatable bonds is 6. The molecule has 1 N–H and O–H groups in total. The first kappa shape index (κ1) is 14.1. The maximum Gasteiger partial charge on any atom is 0.313 e. The van der Waals surface area contributed by atoms with E-state index in [-0.39, 0.29) is 5.75 Å². The van der Waals surface area contributed by atoms with Gasteiger partial charge in [-0.2, -0.15) is 0 Å². The molecule has 8 heteroatoms. The molecule has 112 valence electrons. The van der Waals surface area contributed by atoms with E-state index in [1.807, 2.05) is 18.4 Å². The second-order valence-electron chi connectivity index (χ2n) is 5.13. The second kappa shape index (κ2) is 5.51. The predicted molar refractivity (Wildman–Crippen MR) is 75.4 cm³/mol. The van der Waals surface area contributed by atoms with Crippen molar-refractivity contribution in [1.29, 1.82) is 0 Å². The molecule has 0 bridgehead atoms. The summed E-state index contributed by atoms with van der Waals surface area (Å²) in [6.45, 7) is 4.21. The van der Waals surface area contributed by atoms with E-state index in [0.29, 0.717) is 23.5 Å². The van der Waals surface area contributed by atoms with Crippen LogP contribution in [0.15, 0.2) is 9.57 Å². The van der Waals surface area contributed by atoms with Crippen LogP contribution in [0.4, 0.5) is 0 Å². The average molecular weight is 308 g/mol. The van der Waals surface area contributed by atoms with Crippen LogP contribution in [0.3, 0.4) is 0 Å². The Balaban J connectivity index is 1.86. The summed E-state index contributed by atoms with van der Waals surface area (Å²) < 4.78 is 7.54. The number of oxazole rings is 1. The minimum absolute atomic E-state index is 0.0353. The summed E-state index contributed by atoms with van der Waals surface area (Å²) >= 11 is 1.17. The van der Waals surface area contributed by atoms with Gasteiger partial charge in [0.15, 0.2) is 5.16 Å². The Morgan fingerprint density at radius 2 is 2.19 bits per heavy atom. The van der Waals surface area contributed by atoms with Crippen LogP contribution in [-0.2, 0) is 11.3 Å². The highest BCUT2D eigenvalue weighted by atomic mass is 32.2. The zero-order chi connectivity index (χ0) is 15.0. The van der Waals surface area contributed by atoms with E-state index in [2.05, 4.69) is 15.2 Å². The zero-order valence-electron chi connectivity index (χ0n) is 11.9. The smallest absolute Gasteiger partial charge is 0.313 e. The molecule has 1 saturated carbocycles. The third-order valence-corrected chi connectivity index (χ3v) is 4.33. The fourth-order valence-electron chi connectivity index (χ4n) is 2.07. The summed E-state index contributed by atoms with van der Waals surface area (Å²) in [5, 5.41) is 17.7. The van der Waals surface area contributed by atoms with Gasteiger partial charge in [0.2, 0.25) is 5.89 Å². The number of aryl methyl sites for hydroxylation is 2. The Hall–Kier alpha value is -1.83. The number of nitrogens with zero attached hydrogens (tertiary/aromatic N) is 4. The molecular weight excluding hydrogens is 292 g/mol. The Kier molecular flexibility index (Phi) is 3.71. The van der Waals surface area contributed by atoms with Crippen molar-refractivity contribution >= 4 is 17.7 Å². The first-order valence-corrected chi connectivity index (χ1v) is 7.73. The molecule has 0 amide bonds. The lowest BCUT2D eigenvalue weighted by molar-refractivity contribution is -0.133. The van der Waals surface area contributed by atoms with E-state index < -0.39 is 5.97 Å². The van der Waals surface area contributed by atoms with Crippen LogP contribution in [0.2, 0.25) is 0 Å². The van der Waals surface area contributed by atoms with Crippen molar-refractivity contribution in [3.8, 4) is 0 Å². The zero-order valence-corrected chi connectivity index (χ0v) is 12.7. The normalized spacial score (nSPS) is 14.6. The first-order chi connectivity index (χ1) is 10.0. The van der Waals surface area contributed by atoms with Gasteiger partial charge in [-0.25, -0.2) is 4.98 Å². The van der Waals surface area contributed by atoms with Gasteiger partial charge < -0.3 is 9.52 Å². The fraction of sp³-hybridized carbons (Fsp3) is 0.538. The van der Waals surface area contributed by atoms with Gasteiger partial charge in [-0.15, -0.1) is 10.2 Å². The number of hydrogen-bond donors (Lipinski definition) is 1. The van der Waals surface area contributed by atoms with Gasteiger partial charge in [0.1, 0.15) is 18.1 Å². The molecule has 0 aliphatic heterocycles. The fourth-order valence-corrected chi connectivity index (χ4v) is 2.73. The third-order valence-electron chi connectivity index (χ3n) is 3.38. The van der Waals surface area contributed by atoms with Gasteiger partial charge in [0.25, 0.3) is 0 Å². The molecule has 0 saturated heterocycles. The lowest BCUT2D eigenvalue weighted by Gasteiger charge is -2.06. The summed E-state index contributed by atoms with van der Waals surface area (Å²) in [7, 11) is 0. The molecule has 2 aromatic rings. The lowest BCUT2D eigenvalue weighted by Crippen LogP contribution is -2.08. The first-order valence-electron chi connectivity index (χ1n) is 6.75. The minimum Gasteiger partial charge on any atom is -0.481 e. The van der Waals surface area contributed by atoms with Crippen LogP contribution >= 0.6 is 11.8 Å². The third kappa shape index (κ3) is 3.10. The molecule has 2 heterocycles. The van der Waals surface area contributed by atoms with Crippen LogP contribution < -0.4 is 0 Å². The number of hydrogen-bond acceptors (Lipinski definition) is 6. The van der Waals surface area contributed by atoms with Crippen LogP contribution in [0.5, 0.6) is 0 Å². The molecule has 21 heavy (non-hydrogen) atoms. The molecule has 0 aromatic carbocycles. The molecule has 2 aromatic heterocycles. The van der Waals surface area contributed by atoms with Crippen LogP contribution in [0, 0.1) is 13.8 Å². The molecule has 3 rings (SSSR count). The highest BCUT2D eigenvalue weighted by molar-refractivity contribution is 7.99. The Labute approximate surface area is 125 Å². The van der Waals surface area contributed by atoms with Crippen LogP contribution in [-0.4, -0.2) is 36.6 Å². The lowest BCUT2D eigenvalue weighted by atomic mass is 10.4. The van der Waals surface area contributed by atoms with Gasteiger partial charge >= 0.3 is 5.97 Å². The maximum absolute atomic E-state index is 10.7. The second-order valence-corrected chi connectivity index (χ2v) is 6.08. The van der Waals surface area contributed by atoms with E-state index in [1.165, 1.54) is 11.8 Å². The molecule has 0 radical (unpaired) electrons. The van der Waals surface area contributed by atoms with E-state index in [9.17, 15) is 4.79 Å². The van der Waals surface area contributed by atoms with Crippen LogP contribution in [0.25, 0.3) is 0 Å². The highest BCUT2D eigenvalue weighted by Crippen LogP contribution is 2.40. The molecule has 1 fully saturated rings. The Morgan fingerprint density at radius 1 is 1.43 bits per heavy atom.